The van der Waals surface area contributed by atoms with Crippen molar-refractivity contribution in [2.45, 2.75) is 26.2 Å². The summed E-state index contributed by atoms with van der Waals surface area (Å²) < 4.78 is 25.1. The minimum atomic E-state index is -0.355. The monoisotopic (exact) mass is 362 g/mol. The zero-order valence-electron chi connectivity index (χ0n) is 15.3. The van der Waals surface area contributed by atoms with E-state index in [9.17, 15) is 9.50 Å². The molecule has 5 nitrogen and oxygen atoms in total. The van der Waals surface area contributed by atoms with Gasteiger partial charge in [0.15, 0.2) is 11.5 Å². The van der Waals surface area contributed by atoms with Crippen molar-refractivity contribution in [1.29, 1.82) is 0 Å². The molecule has 2 aromatic carbocycles. The predicted octanol–water partition coefficient (Wildman–Crippen LogP) is 2.47. The van der Waals surface area contributed by atoms with Crippen LogP contribution in [0.4, 0.5) is 4.39 Å². The van der Waals surface area contributed by atoms with Crippen molar-refractivity contribution in [2.24, 2.45) is 0 Å². The number of aliphatic hydroxyl groups is 1. The Bertz CT molecular complexity index is 680. The van der Waals surface area contributed by atoms with E-state index < -0.39 is 0 Å². The van der Waals surface area contributed by atoms with Gasteiger partial charge >= 0.3 is 0 Å². The summed E-state index contributed by atoms with van der Waals surface area (Å²) in [7, 11) is 1.59. The highest BCUT2D eigenvalue weighted by Crippen LogP contribution is 2.32. The SMILES string of the molecule is COc1cccc(CNCCNC[C@@H](C)O)c1OCc1ccccc1F. The van der Waals surface area contributed by atoms with Crippen LogP contribution in [0.15, 0.2) is 42.5 Å². The van der Waals surface area contributed by atoms with Crippen LogP contribution in [0.5, 0.6) is 11.5 Å². The topological polar surface area (TPSA) is 62.8 Å². The Morgan fingerprint density at radius 1 is 1.04 bits per heavy atom. The number of para-hydroxylation sites is 1. The molecule has 3 N–H and O–H groups in total. The van der Waals surface area contributed by atoms with E-state index in [1.54, 1.807) is 32.2 Å². The molecule has 0 unspecified atom stereocenters. The lowest BCUT2D eigenvalue weighted by atomic mass is 10.1. The molecular weight excluding hydrogens is 335 g/mol. The Balaban J connectivity index is 1.95. The number of ether oxygens (including phenoxy) is 2. The lowest BCUT2D eigenvalue weighted by Crippen LogP contribution is -2.31. The lowest BCUT2D eigenvalue weighted by molar-refractivity contribution is 0.191. The summed E-state index contributed by atoms with van der Waals surface area (Å²) >= 11 is 0. The Morgan fingerprint density at radius 3 is 2.50 bits per heavy atom. The molecule has 2 rings (SSSR count). The van der Waals surface area contributed by atoms with E-state index in [0.717, 1.165) is 18.7 Å². The van der Waals surface area contributed by atoms with Crippen LogP contribution in [0, 0.1) is 5.82 Å². The fraction of sp³-hybridized carbons (Fsp3) is 0.400. The highest BCUT2D eigenvalue weighted by Gasteiger charge is 2.12. The number of hydrogen-bond donors (Lipinski definition) is 3. The van der Waals surface area contributed by atoms with Crippen LogP contribution in [0.2, 0.25) is 0 Å². The Kier molecular flexibility index (Phi) is 8.34. The van der Waals surface area contributed by atoms with Crippen LogP contribution >= 0.6 is 0 Å². The summed E-state index contributed by atoms with van der Waals surface area (Å²) in [5.74, 6) is 0.946. The van der Waals surface area contributed by atoms with E-state index in [1.807, 2.05) is 18.2 Å². The third kappa shape index (κ3) is 6.29. The smallest absolute Gasteiger partial charge is 0.166 e. The van der Waals surface area contributed by atoms with Gasteiger partial charge in [0.2, 0.25) is 0 Å². The molecule has 0 fully saturated rings. The van der Waals surface area contributed by atoms with E-state index >= 15 is 0 Å². The molecule has 0 aliphatic rings. The van der Waals surface area contributed by atoms with Gasteiger partial charge in [0.25, 0.3) is 0 Å². The number of benzene rings is 2. The molecule has 0 radical (unpaired) electrons. The molecule has 2 aromatic rings. The third-order valence-electron chi connectivity index (χ3n) is 3.84. The summed E-state index contributed by atoms with van der Waals surface area (Å²) in [6, 6.07) is 12.2. The second-order valence-corrected chi connectivity index (χ2v) is 6.06. The van der Waals surface area contributed by atoms with Gasteiger partial charge in [0.1, 0.15) is 12.4 Å². The average molecular weight is 362 g/mol. The molecule has 0 bridgehead atoms. The van der Waals surface area contributed by atoms with Gasteiger partial charge in [-0.1, -0.05) is 30.3 Å². The molecule has 0 spiro atoms. The van der Waals surface area contributed by atoms with Crippen molar-refractivity contribution in [3.05, 3.63) is 59.4 Å². The van der Waals surface area contributed by atoms with Crippen LogP contribution < -0.4 is 20.1 Å². The van der Waals surface area contributed by atoms with Gasteiger partial charge in [-0.3, -0.25) is 0 Å². The maximum Gasteiger partial charge on any atom is 0.166 e. The number of nitrogens with one attached hydrogen (secondary N) is 2. The molecule has 0 aromatic heterocycles. The van der Waals surface area contributed by atoms with Gasteiger partial charge in [-0.2, -0.15) is 0 Å². The first-order valence-electron chi connectivity index (χ1n) is 8.73. The van der Waals surface area contributed by atoms with Crippen molar-refractivity contribution in [3.63, 3.8) is 0 Å². The fourth-order valence-electron chi connectivity index (χ4n) is 2.50. The highest BCUT2D eigenvalue weighted by molar-refractivity contribution is 5.46. The molecule has 0 saturated heterocycles. The number of aliphatic hydroxyl groups excluding tert-OH is 1. The summed E-state index contributed by atoms with van der Waals surface area (Å²) in [6.07, 6.45) is -0.355. The van der Waals surface area contributed by atoms with E-state index in [0.29, 0.717) is 30.2 Å². The van der Waals surface area contributed by atoms with Crippen molar-refractivity contribution < 1.29 is 19.0 Å². The summed E-state index contributed by atoms with van der Waals surface area (Å²) in [6.45, 7) is 4.54. The first-order chi connectivity index (χ1) is 12.6. The Morgan fingerprint density at radius 2 is 1.77 bits per heavy atom. The van der Waals surface area contributed by atoms with Crippen molar-refractivity contribution in [1.82, 2.24) is 10.6 Å². The highest BCUT2D eigenvalue weighted by atomic mass is 19.1. The first kappa shape index (κ1) is 20.2. The van der Waals surface area contributed by atoms with Gasteiger partial charge in [-0.05, 0) is 19.1 Å². The largest absolute Gasteiger partial charge is 0.493 e. The Labute approximate surface area is 154 Å². The third-order valence-corrected chi connectivity index (χ3v) is 3.84. The van der Waals surface area contributed by atoms with E-state index in [-0.39, 0.29) is 18.5 Å². The first-order valence-corrected chi connectivity index (χ1v) is 8.73. The van der Waals surface area contributed by atoms with Crippen LogP contribution in [0.25, 0.3) is 0 Å². The zero-order valence-corrected chi connectivity index (χ0v) is 15.3. The maximum atomic E-state index is 13.8. The van der Waals surface area contributed by atoms with Gasteiger partial charge < -0.3 is 25.2 Å². The van der Waals surface area contributed by atoms with E-state index in [2.05, 4.69) is 10.6 Å². The van der Waals surface area contributed by atoms with Crippen molar-refractivity contribution >= 4 is 0 Å². The van der Waals surface area contributed by atoms with Gasteiger partial charge in [-0.15, -0.1) is 0 Å². The molecule has 0 aliphatic carbocycles. The van der Waals surface area contributed by atoms with E-state index in [1.165, 1.54) is 6.07 Å². The van der Waals surface area contributed by atoms with E-state index in [4.69, 9.17) is 9.47 Å². The van der Waals surface area contributed by atoms with Crippen molar-refractivity contribution in [2.75, 3.05) is 26.7 Å². The van der Waals surface area contributed by atoms with Crippen LogP contribution in [-0.2, 0) is 13.2 Å². The van der Waals surface area contributed by atoms with Gasteiger partial charge in [0.05, 0.1) is 13.2 Å². The number of rotatable bonds is 11. The summed E-state index contributed by atoms with van der Waals surface area (Å²) in [4.78, 5) is 0. The minimum Gasteiger partial charge on any atom is -0.493 e. The van der Waals surface area contributed by atoms with Crippen LogP contribution in [-0.4, -0.2) is 38.0 Å². The summed E-state index contributed by atoms with van der Waals surface area (Å²) in [5.41, 5.74) is 1.44. The molecule has 1 atom stereocenters. The average Bonchev–Trinajstić information content (AvgIpc) is 2.64. The zero-order chi connectivity index (χ0) is 18.8. The predicted molar refractivity (Wildman–Crippen MR) is 100.0 cm³/mol. The maximum absolute atomic E-state index is 13.8. The molecule has 0 saturated carbocycles. The lowest BCUT2D eigenvalue weighted by Gasteiger charge is -2.16. The molecule has 6 heteroatoms. The van der Waals surface area contributed by atoms with Crippen LogP contribution in [0.1, 0.15) is 18.1 Å². The normalized spacial score (nSPS) is 12.0. The summed E-state index contributed by atoms with van der Waals surface area (Å²) in [5, 5.41) is 15.7. The molecule has 0 heterocycles. The van der Waals surface area contributed by atoms with Gasteiger partial charge in [-0.25, -0.2) is 4.39 Å². The molecule has 26 heavy (non-hydrogen) atoms. The number of methoxy groups -OCH3 is 1. The quantitative estimate of drug-likeness (QED) is 0.536. The molecule has 0 amide bonds. The molecule has 0 aliphatic heterocycles. The van der Waals surface area contributed by atoms with Crippen LogP contribution in [0.3, 0.4) is 0 Å². The number of halogens is 1. The fourth-order valence-corrected chi connectivity index (χ4v) is 2.50. The number of hydrogen-bond acceptors (Lipinski definition) is 5. The minimum absolute atomic E-state index is 0.135. The standard InChI is InChI=1S/C20H27FN2O3/c1-15(24)12-22-10-11-23-13-16-7-5-9-19(25-2)20(16)26-14-17-6-3-4-8-18(17)21/h3-9,15,22-24H,10-14H2,1-2H3/t15-/m1/s1. The molecular formula is C20H27FN2O3. The second-order valence-electron chi connectivity index (χ2n) is 6.06. The molecule has 142 valence electrons. The van der Waals surface area contributed by atoms with Crippen molar-refractivity contribution in [3.8, 4) is 11.5 Å². The Hall–Kier alpha value is -2.15. The second kappa shape index (κ2) is 10.8. The van der Waals surface area contributed by atoms with Gasteiger partial charge in [0, 0.05) is 37.3 Å².